The van der Waals surface area contributed by atoms with Gasteiger partial charge >= 0.3 is 0 Å². The smallest absolute Gasteiger partial charge is 0.293 e. The number of fused-ring (bicyclic) bond motifs is 1. The van der Waals surface area contributed by atoms with E-state index in [4.69, 9.17) is 0 Å². The van der Waals surface area contributed by atoms with Gasteiger partial charge in [-0.25, -0.2) is 0 Å². The summed E-state index contributed by atoms with van der Waals surface area (Å²) in [5, 5.41) is 11.3. The Morgan fingerprint density at radius 3 is 3.08 bits per heavy atom. The number of hydrogen-bond donors (Lipinski definition) is 1. The van der Waals surface area contributed by atoms with E-state index in [0.29, 0.717) is 5.52 Å². The largest absolute Gasteiger partial charge is 0.348 e. The summed E-state index contributed by atoms with van der Waals surface area (Å²) in [5.74, 6) is 0. The molecule has 1 radical (unpaired) electrons. The lowest BCUT2D eigenvalue weighted by molar-refractivity contribution is -0.383. The number of hydrogen-bond acceptors (Lipinski definition) is 2. The quantitative estimate of drug-likeness (QED) is 0.512. The molecule has 0 unspecified atom stereocenters. The third-order valence-corrected chi connectivity index (χ3v) is 1.70. The van der Waals surface area contributed by atoms with Crippen LogP contribution in [0, 0.1) is 16.3 Å². The summed E-state index contributed by atoms with van der Waals surface area (Å²) in [4.78, 5) is 12.8. The van der Waals surface area contributed by atoms with Crippen LogP contribution in [0.3, 0.4) is 0 Å². The van der Waals surface area contributed by atoms with E-state index in [2.05, 4.69) is 11.2 Å². The van der Waals surface area contributed by atoms with Gasteiger partial charge in [0.25, 0.3) is 5.69 Å². The van der Waals surface area contributed by atoms with Gasteiger partial charge in [-0.1, -0.05) is 12.1 Å². The highest BCUT2D eigenvalue weighted by Gasteiger charge is 2.10. The number of nitrogens with one attached hydrogen (secondary N) is 1. The highest BCUT2D eigenvalue weighted by atomic mass is 16.6. The van der Waals surface area contributed by atoms with E-state index < -0.39 is 4.92 Å². The molecule has 0 saturated carbocycles. The molecule has 4 heteroatoms. The summed E-state index contributed by atoms with van der Waals surface area (Å²) >= 11 is 0. The van der Waals surface area contributed by atoms with Gasteiger partial charge in [0.15, 0.2) is 0 Å². The topological polar surface area (TPSA) is 58.9 Å². The van der Waals surface area contributed by atoms with Crippen LogP contribution >= 0.6 is 0 Å². The first-order valence-corrected chi connectivity index (χ1v) is 3.41. The Balaban J connectivity index is 2.82. The number of nitrogens with zero attached hydrogens (tertiary/aromatic N) is 1. The SMILES string of the molecule is O=[N+]([O-])c1cccc2c[c][nH]c12. The molecule has 2 rings (SSSR count). The first-order chi connectivity index (χ1) is 5.79. The molecule has 0 amide bonds. The van der Waals surface area contributed by atoms with Crippen LogP contribution in [-0.4, -0.2) is 9.91 Å². The Kier molecular flexibility index (Phi) is 1.33. The van der Waals surface area contributed by atoms with Gasteiger partial charge in [-0.15, -0.1) is 0 Å². The van der Waals surface area contributed by atoms with Crippen LogP contribution in [0.2, 0.25) is 0 Å². The molecule has 0 bridgehead atoms. The van der Waals surface area contributed by atoms with Crippen molar-refractivity contribution in [3.63, 3.8) is 0 Å². The molecule has 0 spiro atoms. The summed E-state index contributed by atoms with van der Waals surface area (Å²) in [6, 6.07) is 6.60. The maximum absolute atomic E-state index is 10.5. The highest BCUT2D eigenvalue weighted by molar-refractivity contribution is 5.87. The molecular weight excluding hydrogens is 156 g/mol. The van der Waals surface area contributed by atoms with Crippen LogP contribution < -0.4 is 0 Å². The minimum Gasteiger partial charge on any atom is -0.348 e. The van der Waals surface area contributed by atoms with Gasteiger partial charge in [-0.3, -0.25) is 10.1 Å². The first-order valence-electron chi connectivity index (χ1n) is 3.41. The average molecular weight is 161 g/mol. The van der Waals surface area contributed by atoms with Gasteiger partial charge in [0, 0.05) is 11.5 Å². The molecule has 1 N–H and O–H groups in total. The molecule has 0 saturated heterocycles. The number of non-ortho nitro benzene ring substituents is 1. The molecule has 0 aliphatic rings. The van der Waals surface area contributed by atoms with Crippen molar-refractivity contribution >= 4 is 16.6 Å². The number of H-pyrrole nitrogens is 1. The van der Waals surface area contributed by atoms with E-state index >= 15 is 0 Å². The number of benzene rings is 1. The van der Waals surface area contributed by atoms with Crippen LogP contribution in [0.15, 0.2) is 24.3 Å². The minimum atomic E-state index is -0.410. The number of para-hydroxylation sites is 1. The molecule has 1 aromatic heterocycles. The fourth-order valence-corrected chi connectivity index (χ4v) is 1.15. The van der Waals surface area contributed by atoms with Crippen molar-refractivity contribution in [2.45, 2.75) is 0 Å². The Hall–Kier alpha value is -1.84. The Morgan fingerprint density at radius 1 is 1.50 bits per heavy atom. The van der Waals surface area contributed by atoms with Gasteiger partial charge in [0.05, 0.1) is 11.1 Å². The van der Waals surface area contributed by atoms with E-state index in [1.54, 1.807) is 18.2 Å². The molecule has 12 heavy (non-hydrogen) atoms. The van der Waals surface area contributed by atoms with E-state index in [1.165, 1.54) is 6.07 Å². The fraction of sp³-hybridized carbons (Fsp3) is 0. The zero-order valence-corrected chi connectivity index (χ0v) is 6.07. The molecule has 1 aromatic carbocycles. The standard InChI is InChI=1S/C8H5N2O2/c11-10(12)7-3-1-2-6-4-5-9-8(6)7/h1-4,9H. The predicted octanol–water partition coefficient (Wildman–Crippen LogP) is 1.88. The van der Waals surface area contributed by atoms with E-state index in [-0.39, 0.29) is 5.69 Å². The second-order valence-corrected chi connectivity index (χ2v) is 2.41. The minimum absolute atomic E-state index is 0.0914. The van der Waals surface area contributed by atoms with Crippen LogP contribution in [0.4, 0.5) is 5.69 Å². The fourth-order valence-electron chi connectivity index (χ4n) is 1.15. The summed E-state index contributed by atoms with van der Waals surface area (Å²) in [6.07, 6.45) is 2.70. The maximum atomic E-state index is 10.5. The summed E-state index contributed by atoms with van der Waals surface area (Å²) in [6.45, 7) is 0. The van der Waals surface area contributed by atoms with Crippen molar-refractivity contribution in [1.82, 2.24) is 4.98 Å². The number of nitro benzene ring substituents is 1. The third kappa shape index (κ3) is 0.852. The molecule has 4 nitrogen and oxygen atoms in total. The normalized spacial score (nSPS) is 10.3. The van der Waals surface area contributed by atoms with Gasteiger partial charge in [0.2, 0.25) is 0 Å². The summed E-state index contributed by atoms with van der Waals surface area (Å²) in [7, 11) is 0. The molecule has 0 aliphatic heterocycles. The lowest BCUT2D eigenvalue weighted by Gasteiger charge is -1.91. The zero-order chi connectivity index (χ0) is 8.55. The monoisotopic (exact) mass is 161 g/mol. The lowest BCUT2D eigenvalue weighted by Crippen LogP contribution is -1.88. The average Bonchev–Trinajstić information content (AvgIpc) is 2.49. The van der Waals surface area contributed by atoms with Gasteiger partial charge in [0.1, 0.15) is 5.52 Å². The molecule has 0 fully saturated rings. The summed E-state index contributed by atoms with van der Waals surface area (Å²) < 4.78 is 0. The van der Waals surface area contributed by atoms with Crippen molar-refractivity contribution in [1.29, 1.82) is 0 Å². The second-order valence-electron chi connectivity index (χ2n) is 2.41. The molecule has 2 aromatic rings. The van der Waals surface area contributed by atoms with Crippen molar-refractivity contribution < 1.29 is 4.92 Å². The van der Waals surface area contributed by atoms with Crippen LogP contribution in [-0.2, 0) is 0 Å². The third-order valence-electron chi connectivity index (χ3n) is 1.70. The van der Waals surface area contributed by atoms with Gasteiger partial charge in [-0.05, 0) is 6.07 Å². The van der Waals surface area contributed by atoms with E-state index in [0.717, 1.165) is 5.39 Å². The second kappa shape index (κ2) is 2.34. The van der Waals surface area contributed by atoms with Crippen molar-refractivity contribution in [2.24, 2.45) is 0 Å². The Morgan fingerprint density at radius 2 is 2.33 bits per heavy atom. The van der Waals surface area contributed by atoms with Crippen LogP contribution in [0.1, 0.15) is 0 Å². The number of aromatic nitrogens is 1. The lowest BCUT2D eigenvalue weighted by atomic mass is 10.2. The molecule has 1 heterocycles. The number of nitro groups is 1. The summed E-state index contributed by atoms with van der Waals surface area (Å²) in [5.41, 5.74) is 0.622. The number of aromatic amines is 1. The van der Waals surface area contributed by atoms with Crippen molar-refractivity contribution in [3.05, 3.63) is 40.6 Å². The van der Waals surface area contributed by atoms with Gasteiger partial charge in [-0.2, -0.15) is 0 Å². The predicted molar refractivity (Wildman–Crippen MR) is 43.8 cm³/mol. The Bertz CT molecular complexity index is 433. The van der Waals surface area contributed by atoms with Crippen molar-refractivity contribution in [3.8, 4) is 0 Å². The van der Waals surface area contributed by atoms with E-state index in [1.807, 2.05) is 0 Å². The molecule has 0 atom stereocenters. The zero-order valence-electron chi connectivity index (χ0n) is 6.07. The first kappa shape index (κ1) is 6.84. The van der Waals surface area contributed by atoms with Crippen LogP contribution in [0.5, 0.6) is 0 Å². The van der Waals surface area contributed by atoms with Gasteiger partial charge < -0.3 is 4.98 Å². The Labute approximate surface area is 68.0 Å². The maximum Gasteiger partial charge on any atom is 0.293 e. The molecule has 0 aliphatic carbocycles. The molecular formula is C8H5N2O2. The molecule has 59 valence electrons. The van der Waals surface area contributed by atoms with Crippen molar-refractivity contribution in [2.75, 3.05) is 0 Å². The van der Waals surface area contributed by atoms with E-state index in [9.17, 15) is 10.1 Å². The highest BCUT2D eigenvalue weighted by Crippen LogP contribution is 2.22. The van der Waals surface area contributed by atoms with Crippen LogP contribution in [0.25, 0.3) is 10.9 Å². The number of rotatable bonds is 1.